The fourth-order valence-electron chi connectivity index (χ4n) is 3.49. The van der Waals surface area contributed by atoms with E-state index in [2.05, 4.69) is 29.2 Å². The Morgan fingerprint density at radius 1 is 0.759 bits per heavy atom. The van der Waals surface area contributed by atoms with Gasteiger partial charge in [-0.05, 0) is 35.2 Å². The van der Waals surface area contributed by atoms with Gasteiger partial charge in [-0.2, -0.15) is 0 Å². The van der Waals surface area contributed by atoms with Crippen LogP contribution >= 0.6 is 11.3 Å². The number of nitrogens with zero attached hydrogens (tertiary/aromatic N) is 1. The number of hydrogen-bond donors (Lipinski definition) is 0. The van der Waals surface area contributed by atoms with Gasteiger partial charge in [0, 0.05) is 16.5 Å². The van der Waals surface area contributed by atoms with Crippen LogP contribution in [0.2, 0.25) is 0 Å². The van der Waals surface area contributed by atoms with Crippen LogP contribution in [0, 0.1) is 6.92 Å². The summed E-state index contributed by atoms with van der Waals surface area (Å²) in [6.07, 6.45) is 0. The normalized spacial score (nSPS) is 11.1. The molecule has 0 N–H and O–H groups in total. The quantitative estimate of drug-likeness (QED) is 0.347. The third-order valence-corrected chi connectivity index (χ3v) is 5.92. The summed E-state index contributed by atoms with van der Waals surface area (Å²) in [5.41, 5.74) is 5.66. The molecule has 0 radical (unpaired) electrons. The van der Waals surface area contributed by atoms with Crippen molar-refractivity contribution in [3.8, 4) is 33.7 Å². The van der Waals surface area contributed by atoms with Crippen molar-refractivity contribution in [3.63, 3.8) is 0 Å². The minimum atomic E-state index is -0.350. The Morgan fingerprint density at radius 3 is 2.17 bits per heavy atom. The maximum atomic E-state index is 12.8. The van der Waals surface area contributed by atoms with Gasteiger partial charge in [0.1, 0.15) is 10.2 Å². The van der Waals surface area contributed by atoms with E-state index in [1.807, 2.05) is 66.9 Å². The summed E-state index contributed by atoms with van der Waals surface area (Å²) in [7, 11) is 0. The smallest absolute Gasteiger partial charge is 0.348 e. The van der Waals surface area contributed by atoms with Crippen LogP contribution in [0.25, 0.3) is 43.9 Å². The Morgan fingerprint density at radius 2 is 1.41 bits per heavy atom. The van der Waals surface area contributed by atoms with Crippen LogP contribution < -0.4 is 5.63 Å². The summed E-state index contributed by atoms with van der Waals surface area (Å²) in [5, 5.41) is 2.52. The molecule has 5 rings (SSSR count). The van der Waals surface area contributed by atoms with Crippen LogP contribution in [0.4, 0.5) is 0 Å². The van der Waals surface area contributed by atoms with Gasteiger partial charge in [-0.3, -0.25) is 0 Å². The average Bonchev–Trinajstić information content (AvgIpc) is 3.19. The molecule has 0 amide bonds. The second kappa shape index (κ2) is 7.15. The van der Waals surface area contributed by atoms with Gasteiger partial charge < -0.3 is 4.42 Å². The van der Waals surface area contributed by atoms with Gasteiger partial charge >= 0.3 is 5.63 Å². The van der Waals surface area contributed by atoms with Gasteiger partial charge in [-0.25, -0.2) is 9.78 Å². The van der Waals surface area contributed by atoms with Crippen molar-refractivity contribution in [2.45, 2.75) is 6.92 Å². The molecule has 2 heterocycles. The van der Waals surface area contributed by atoms with Crippen molar-refractivity contribution in [2.24, 2.45) is 0 Å². The molecule has 0 aliphatic heterocycles. The lowest BCUT2D eigenvalue weighted by atomic mass is 10.0. The van der Waals surface area contributed by atoms with Gasteiger partial charge in [0.2, 0.25) is 5.89 Å². The van der Waals surface area contributed by atoms with Crippen LogP contribution in [0.3, 0.4) is 0 Å². The van der Waals surface area contributed by atoms with E-state index in [9.17, 15) is 4.79 Å². The number of aryl methyl sites for hydroxylation is 1. The fourth-order valence-corrected chi connectivity index (χ4v) is 4.42. The minimum Gasteiger partial charge on any atom is -0.403 e. The predicted molar refractivity (Wildman–Crippen MR) is 119 cm³/mol. The number of fused-ring (bicyclic) bond motifs is 1. The van der Waals surface area contributed by atoms with Crippen molar-refractivity contribution in [1.29, 1.82) is 0 Å². The second-order valence-corrected chi connectivity index (χ2v) is 7.75. The maximum Gasteiger partial charge on any atom is 0.348 e. The van der Waals surface area contributed by atoms with Gasteiger partial charge in [-0.15, -0.1) is 11.3 Å². The molecule has 5 aromatic rings. The summed E-state index contributed by atoms with van der Waals surface area (Å²) in [6.45, 7) is 1.98. The fraction of sp³-hybridized carbons (Fsp3) is 0.0400. The molecule has 4 heteroatoms. The maximum absolute atomic E-state index is 12.8. The lowest BCUT2D eigenvalue weighted by molar-refractivity contribution is 0.519. The molecule has 0 saturated carbocycles. The van der Waals surface area contributed by atoms with Crippen LogP contribution in [-0.2, 0) is 0 Å². The Kier molecular flexibility index (Phi) is 4.34. The van der Waals surface area contributed by atoms with E-state index in [0.717, 1.165) is 27.8 Å². The lowest BCUT2D eigenvalue weighted by Crippen LogP contribution is -2.02. The van der Waals surface area contributed by atoms with Crippen LogP contribution in [-0.4, -0.2) is 4.98 Å². The lowest BCUT2D eigenvalue weighted by Gasteiger charge is -2.05. The molecule has 0 saturated heterocycles. The largest absolute Gasteiger partial charge is 0.403 e. The first kappa shape index (κ1) is 17.6. The summed E-state index contributed by atoms with van der Waals surface area (Å²) in [4.78, 5) is 18.2. The van der Waals surface area contributed by atoms with E-state index in [-0.39, 0.29) is 5.63 Å². The Bertz CT molecular complexity index is 1370. The molecule has 3 aromatic carbocycles. The SMILES string of the molecule is Cc1ccccc1-c1nc2scc(-c3ccc(-c4ccccc4)cc3)c2c(=O)o1. The highest BCUT2D eigenvalue weighted by molar-refractivity contribution is 7.17. The van der Waals surface area contributed by atoms with E-state index < -0.39 is 0 Å². The zero-order chi connectivity index (χ0) is 19.8. The van der Waals surface area contributed by atoms with E-state index >= 15 is 0 Å². The summed E-state index contributed by atoms with van der Waals surface area (Å²) >= 11 is 1.47. The van der Waals surface area contributed by atoms with E-state index in [1.54, 1.807) is 0 Å². The number of hydrogen-bond acceptors (Lipinski definition) is 4. The highest BCUT2D eigenvalue weighted by atomic mass is 32.1. The first-order chi connectivity index (χ1) is 14.2. The van der Waals surface area contributed by atoms with Gasteiger partial charge in [0.05, 0.1) is 0 Å². The molecule has 0 bridgehead atoms. The van der Waals surface area contributed by atoms with E-state index in [0.29, 0.717) is 16.1 Å². The molecule has 0 fully saturated rings. The van der Waals surface area contributed by atoms with Crippen molar-refractivity contribution in [3.05, 3.63) is 100 Å². The molecular formula is C25H17NO2S. The topological polar surface area (TPSA) is 43.1 Å². The molecule has 0 aliphatic rings. The Hall–Kier alpha value is -3.50. The van der Waals surface area contributed by atoms with Crippen LogP contribution in [0.15, 0.2) is 93.5 Å². The molecule has 0 unspecified atom stereocenters. The number of benzene rings is 3. The first-order valence-electron chi connectivity index (χ1n) is 9.35. The van der Waals surface area contributed by atoms with Crippen molar-refractivity contribution in [1.82, 2.24) is 4.98 Å². The Labute approximate surface area is 171 Å². The van der Waals surface area contributed by atoms with Crippen LogP contribution in [0.1, 0.15) is 5.56 Å². The Balaban J connectivity index is 1.58. The van der Waals surface area contributed by atoms with Crippen molar-refractivity contribution < 1.29 is 4.42 Å². The standard InChI is InChI=1S/C25H17NO2S/c1-16-7-5-6-10-20(16)23-26-24-22(25(27)28-23)21(15-29-24)19-13-11-18(12-14-19)17-8-3-2-4-9-17/h2-15H,1H3. The number of thiophene rings is 1. The summed E-state index contributed by atoms with van der Waals surface area (Å²) in [5.74, 6) is 0.369. The van der Waals surface area contributed by atoms with E-state index in [1.165, 1.54) is 16.9 Å². The minimum absolute atomic E-state index is 0.350. The van der Waals surface area contributed by atoms with Crippen LogP contribution in [0.5, 0.6) is 0 Å². The highest BCUT2D eigenvalue weighted by Crippen LogP contribution is 2.33. The molecule has 140 valence electrons. The van der Waals surface area contributed by atoms with E-state index in [4.69, 9.17) is 4.42 Å². The molecular weight excluding hydrogens is 378 g/mol. The van der Waals surface area contributed by atoms with Gasteiger partial charge in [0.15, 0.2) is 0 Å². The van der Waals surface area contributed by atoms with Gasteiger partial charge in [0.25, 0.3) is 0 Å². The highest BCUT2D eigenvalue weighted by Gasteiger charge is 2.16. The monoisotopic (exact) mass is 395 g/mol. The zero-order valence-corrected chi connectivity index (χ0v) is 16.6. The summed E-state index contributed by atoms with van der Waals surface area (Å²) < 4.78 is 5.61. The molecule has 3 nitrogen and oxygen atoms in total. The predicted octanol–water partition coefficient (Wildman–Crippen LogP) is 6.56. The third-order valence-electron chi connectivity index (χ3n) is 5.05. The zero-order valence-electron chi connectivity index (χ0n) is 15.8. The molecule has 0 atom stereocenters. The van der Waals surface area contributed by atoms with Crippen molar-refractivity contribution in [2.75, 3.05) is 0 Å². The summed E-state index contributed by atoms with van der Waals surface area (Å²) in [6, 6.07) is 26.2. The first-order valence-corrected chi connectivity index (χ1v) is 10.2. The second-order valence-electron chi connectivity index (χ2n) is 6.89. The molecule has 0 aliphatic carbocycles. The molecule has 0 spiro atoms. The molecule has 29 heavy (non-hydrogen) atoms. The third kappa shape index (κ3) is 3.18. The number of aromatic nitrogens is 1. The average molecular weight is 395 g/mol. The van der Waals surface area contributed by atoms with Gasteiger partial charge in [-0.1, -0.05) is 72.8 Å². The number of rotatable bonds is 3. The van der Waals surface area contributed by atoms with Crippen molar-refractivity contribution >= 4 is 21.6 Å². The molecule has 2 aromatic heterocycles.